The maximum atomic E-state index is 11.4. The van der Waals surface area contributed by atoms with Crippen molar-refractivity contribution in [2.45, 2.75) is 71.3 Å². The van der Waals surface area contributed by atoms with Crippen molar-refractivity contribution in [3.8, 4) is 0 Å². The van der Waals surface area contributed by atoms with Crippen LogP contribution in [0.1, 0.15) is 65.2 Å². The topological polar surface area (TPSA) is 52.3 Å². The Balaban J connectivity index is 3.39. The molecule has 0 heterocycles. The van der Waals surface area contributed by atoms with E-state index in [1.165, 1.54) is 19.3 Å². The molecule has 3 nitrogen and oxygen atoms in total. The zero-order valence-corrected chi connectivity index (χ0v) is 10.8. The largest absolute Gasteiger partial charge is 0.463 e. The van der Waals surface area contributed by atoms with Gasteiger partial charge in [-0.05, 0) is 39.2 Å². The molecule has 0 spiro atoms. The highest BCUT2D eigenvalue weighted by Gasteiger charge is 2.08. The molecule has 0 aromatic carbocycles. The number of rotatable bonds is 10. The number of ether oxygens (including phenoxy) is 1. The molecule has 0 aliphatic carbocycles. The second-order valence-corrected chi connectivity index (χ2v) is 4.40. The normalized spacial score (nSPS) is 12.4. The molecule has 0 amide bonds. The summed E-state index contributed by atoms with van der Waals surface area (Å²) in [6, 6.07) is 0. The Hall–Kier alpha value is -0.570. The van der Waals surface area contributed by atoms with Crippen molar-refractivity contribution in [2.75, 3.05) is 6.54 Å². The first-order chi connectivity index (χ1) is 7.70. The van der Waals surface area contributed by atoms with Crippen LogP contribution in [0.4, 0.5) is 0 Å². The average molecular weight is 229 g/mol. The van der Waals surface area contributed by atoms with E-state index in [9.17, 15) is 4.79 Å². The SMILES string of the molecule is CCCCCCC(C)OC(=O)CCCCN. The Labute approximate surface area is 99.7 Å². The number of hydrogen-bond acceptors (Lipinski definition) is 3. The molecule has 1 atom stereocenters. The third-order valence-corrected chi connectivity index (χ3v) is 2.63. The summed E-state index contributed by atoms with van der Waals surface area (Å²) < 4.78 is 5.30. The van der Waals surface area contributed by atoms with Gasteiger partial charge in [0.1, 0.15) is 0 Å². The minimum Gasteiger partial charge on any atom is -0.463 e. The zero-order valence-electron chi connectivity index (χ0n) is 10.8. The average Bonchev–Trinajstić information content (AvgIpc) is 2.25. The van der Waals surface area contributed by atoms with E-state index in [-0.39, 0.29) is 12.1 Å². The quantitative estimate of drug-likeness (QED) is 0.463. The highest BCUT2D eigenvalue weighted by Crippen LogP contribution is 2.09. The van der Waals surface area contributed by atoms with Crippen LogP contribution in [0.2, 0.25) is 0 Å². The van der Waals surface area contributed by atoms with Gasteiger partial charge in [-0.25, -0.2) is 0 Å². The van der Waals surface area contributed by atoms with Crippen molar-refractivity contribution in [3.63, 3.8) is 0 Å². The maximum absolute atomic E-state index is 11.4. The van der Waals surface area contributed by atoms with Gasteiger partial charge < -0.3 is 10.5 Å². The van der Waals surface area contributed by atoms with E-state index >= 15 is 0 Å². The van der Waals surface area contributed by atoms with Crippen molar-refractivity contribution in [1.82, 2.24) is 0 Å². The van der Waals surface area contributed by atoms with Crippen LogP contribution >= 0.6 is 0 Å². The second-order valence-electron chi connectivity index (χ2n) is 4.40. The molecular weight excluding hydrogens is 202 g/mol. The van der Waals surface area contributed by atoms with Crippen LogP contribution in [-0.4, -0.2) is 18.6 Å². The molecule has 0 fully saturated rings. The lowest BCUT2D eigenvalue weighted by Gasteiger charge is -2.12. The molecule has 0 aromatic rings. The van der Waals surface area contributed by atoms with Crippen molar-refractivity contribution in [1.29, 1.82) is 0 Å². The number of carbonyl (C=O) groups is 1. The summed E-state index contributed by atoms with van der Waals surface area (Å²) in [5.41, 5.74) is 5.36. The summed E-state index contributed by atoms with van der Waals surface area (Å²) in [7, 11) is 0. The van der Waals surface area contributed by atoms with E-state index in [2.05, 4.69) is 6.92 Å². The fourth-order valence-electron chi connectivity index (χ4n) is 1.61. The number of carbonyl (C=O) groups excluding carboxylic acids is 1. The number of hydrogen-bond donors (Lipinski definition) is 1. The van der Waals surface area contributed by atoms with Crippen molar-refractivity contribution >= 4 is 5.97 Å². The molecule has 0 aliphatic rings. The van der Waals surface area contributed by atoms with Gasteiger partial charge in [-0.2, -0.15) is 0 Å². The lowest BCUT2D eigenvalue weighted by atomic mass is 10.1. The van der Waals surface area contributed by atoms with E-state index < -0.39 is 0 Å². The third kappa shape index (κ3) is 9.97. The Kier molecular flexibility index (Phi) is 10.5. The molecule has 16 heavy (non-hydrogen) atoms. The van der Waals surface area contributed by atoms with Gasteiger partial charge in [0.05, 0.1) is 6.10 Å². The van der Waals surface area contributed by atoms with Crippen LogP contribution < -0.4 is 5.73 Å². The number of nitrogens with two attached hydrogens (primary N) is 1. The van der Waals surface area contributed by atoms with Gasteiger partial charge in [-0.15, -0.1) is 0 Å². The van der Waals surface area contributed by atoms with Gasteiger partial charge in [0.15, 0.2) is 0 Å². The second kappa shape index (κ2) is 10.9. The molecule has 2 N–H and O–H groups in total. The van der Waals surface area contributed by atoms with E-state index in [0.29, 0.717) is 13.0 Å². The fourth-order valence-corrected chi connectivity index (χ4v) is 1.61. The summed E-state index contributed by atoms with van der Waals surface area (Å²) in [6.45, 7) is 4.83. The predicted octanol–water partition coefficient (Wildman–Crippen LogP) is 3.02. The summed E-state index contributed by atoms with van der Waals surface area (Å²) in [6.07, 6.45) is 8.24. The zero-order chi connectivity index (χ0) is 12.2. The van der Waals surface area contributed by atoms with Gasteiger partial charge in [-0.3, -0.25) is 4.79 Å². The van der Waals surface area contributed by atoms with Gasteiger partial charge in [0, 0.05) is 6.42 Å². The molecule has 0 aliphatic heterocycles. The van der Waals surface area contributed by atoms with E-state index in [1.807, 2.05) is 6.92 Å². The van der Waals surface area contributed by atoms with E-state index in [0.717, 1.165) is 25.7 Å². The minimum atomic E-state index is -0.0727. The molecule has 0 bridgehead atoms. The van der Waals surface area contributed by atoms with Gasteiger partial charge >= 0.3 is 5.97 Å². The Morgan fingerprint density at radius 3 is 2.56 bits per heavy atom. The highest BCUT2D eigenvalue weighted by atomic mass is 16.5. The molecule has 3 heteroatoms. The first kappa shape index (κ1) is 15.4. The van der Waals surface area contributed by atoms with E-state index in [1.54, 1.807) is 0 Å². The molecule has 0 saturated heterocycles. The highest BCUT2D eigenvalue weighted by molar-refractivity contribution is 5.69. The van der Waals surface area contributed by atoms with Crippen LogP contribution in [0, 0.1) is 0 Å². The Morgan fingerprint density at radius 1 is 1.19 bits per heavy atom. The van der Waals surface area contributed by atoms with Crippen LogP contribution in [0.3, 0.4) is 0 Å². The summed E-state index contributed by atoms with van der Waals surface area (Å²) in [5.74, 6) is -0.0727. The fraction of sp³-hybridized carbons (Fsp3) is 0.923. The first-order valence-electron chi connectivity index (χ1n) is 6.60. The molecular formula is C13H27NO2. The standard InChI is InChI=1S/C13H27NO2/c1-3-4-5-6-9-12(2)16-13(15)10-7-8-11-14/h12H,3-11,14H2,1-2H3. The molecule has 1 unspecified atom stereocenters. The van der Waals surface area contributed by atoms with Crippen LogP contribution in [0.5, 0.6) is 0 Å². The van der Waals surface area contributed by atoms with Crippen molar-refractivity contribution < 1.29 is 9.53 Å². The van der Waals surface area contributed by atoms with Gasteiger partial charge in [-0.1, -0.05) is 26.2 Å². The molecule has 0 rings (SSSR count). The first-order valence-corrected chi connectivity index (χ1v) is 6.60. The van der Waals surface area contributed by atoms with Crippen LogP contribution in [0.25, 0.3) is 0 Å². The molecule has 0 saturated carbocycles. The molecule has 96 valence electrons. The number of unbranched alkanes of at least 4 members (excludes halogenated alkanes) is 4. The monoisotopic (exact) mass is 229 g/mol. The Morgan fingerprint density at radius 2 is 1.94 bits per heavy atom. The molecule has 0 radical (unpaired) electrons. The van der Waals surface area contributed by atoms with Crippen molar-refractivity contribution in [3.05, 3.63) is 0 Å². The summed E-state index contributed by atoms with van der Waals surface area (Å²) in [4.78, 5) is 11.4. The number of esters is 1. The van der Waals surface area contributed by atoms with E-state index in [4.69, 9.17) is 10.5 Å². The lowest BCUT2D eigenvalue weighted by Crippen LogP contribution is -2.15. The van der Waals surface area contributed by atoms with Crippen LogP contribution in [0.15, 0.2) is 0 Å². The van der Waals surface area contributed by atoms with Gasteiger partial charge in [0.25, 0.3) is 0 Å². The third-order valence-electron chi connectivity index (χ3n) is 2.63. The summed E-state index contributed by atoms with van der Waals surface area (Å²) >= 11 is 0. The summed E-state index contributed by atoms with van der Waals surface area (Å²) in [5, 5.41) is 0. The minimum absolute atomic E-state index is 0.0715. The van der Waals surface area contributed by atoms with Crippen LogP contribution in [-0.2, 0) is 9.53 Å². The van der Waals surface area contributed by atoms with Crippen molar-refractivity contribution in [2.24, 2.45) is 5.73 Å². The Bertz CT molecular complexity index is 171. The van der Waals surface area contributed by atoms with Gasteiger partial charge in [0.2, 0.25) is 0 Å². The lowest BCUT2D eigenvalue weighted by molar-refractivity contribution is -0.148. The predicted molar refractivity (Wildman–Crippen MR) is 67.2 cm³/mol. The molecule has 0 aromatic heterocycles. The maximum Gasteiger partial charge on any atom is 0.306 e. The smallest absolute Gasteiger partial charge is 0.306 e.